The fourth-order valence-corrected chi connectivity index (χ4v) is 3.66. The molecule has 4 aromatic rings. The lowest BCUT2D eigenvalue weighted by atomic mass is 10.1. The van der Waals surface area contributed by atoms with Crippen LogP contribution in [0.3, 0.4) is 0 Å². The Hall–Kier alpha value is -2.45. The quantitative estimate of drug-likeness (QED) is 0.433. The molecule has 3 N–H and O–H groups in total. The zero-order valence-corrected chi connectivity index (χ0v) is 16.3. The van der Waals surface area contributed by atoms with Crippen LogP contribution in [0.4, 0.5) is 10.2 Å². The van der Waals surface area contributed by atoms with Crippen LogP contribution < -0.4 is 5.32 Å². The highest BCUT2D eigenvalue weighted by atomic mass is 79.9. The number of H-pyrrole nitrogens is 1. The van der Waals surface area contributed by atoms with Gasteiger partial charge >= 0.3 is 0 Å². The van der Waals surface area contributed by atoms with Gasteiger partial charge in [0.2, 0.25) is 0 Å². The van der Waals surface area contributed by atoms with Crippen LogP contribution in [-0.4, -0.2) is 37.6 Å². The highest BCUT2D eigenvalue weighted by molar-refractivity contribution is 9.10. The van der Waals surface area contributed by atoms with Crippen LogP contribution in [0.15, 0.2) is 41.4 Å². The lowest BCUT2D eigenvalue weighted by molar-refractivity contribution is 0.270. The number of nitrogens with zero attached hydrogens (tertiary/aromatic N) is 3. The molecule has 27 heavy (non-hydrogen) atoms. The standard InChI is InChI=1S/C19H19BrFN5O/c1-11(10-27)15-8-24-19-18(25-16(20)9-26(15)19)22-6-5-12-7-23-14-4-2-3-13(21)17(12)14/h2-4,7-9,11,23,27H,5-6,10H2,1H3,(H,22,25). The van der Waals surface area contributed by atoms with Crippen molar-refractivity contribution in [3.05, 3.63) is 58.5 Å². The number of hydrogen-bond acceptors (Lipinski definition) is 4. The van der Waals surface area contributed by atoms with Gasteiger partial charge in [0.25, 0.3) is 0 Å². The molecular formula is C19H19BrFN5O. The van der Waals surface area contributed by atoms with E-state index in [1.807, 2.05) is 29.8 Å². The average molecular weight is 432 g/mol. The molecule has 0 saturated heterocycles. The molecule has 3 aromatic heterocycles. The number of benzene rings is 1. The molecule has 0 aliphatic carbocycles. The van der Waals surface area contributed by atoms with Crippen molar-refractivity contribution in [2.24, 2.45) is 0 Å². The third-order valence-electron chi connectivity index (χ3n) is 4.69. The maximum atomic E-state index is 14.1. The number of anilines is 1. The largest absolute Gasteiger partial charge is 0.396 e. The van der Waals surface area contributed by atoms with E-state index in [0.29, 0.717) is 34.4 Å². The zero-order chi connectivity index (χ0) is 19.0. The SMILES string of the molecule is CC(CO)c1cnc2c(NCCc3c[nH]c4cccc(F)c34)nc(Br)cn12. The number of rotatable bonds is 6. The van der Waals surface area contributed by atoms with E-state index < -0.39 is 0 Å². The van der Waals surface area contributed by atoms with Gasteiger partial charge in [0.05, 0.1) is 6.61 Å². The summed E-state index contributed by atoms with van der Waals surface area (Å²) in [6.45, 7) is 2.57. The monoisotopic (exact) mass is 431 g/mol. The average Bonchev–Trinajstić information content (AvgIpc) is 3.26. The molecule has 1 unspecified atom stereocenters. The van der Waals surface area contributed by atoms with Gasteiger partial charge in [-0.25, -0.2) is 14.4 Å². The zero-order valence-electron chi connectivity index (χ0n) is 14.7. The lowest BCUT2D eigenvalue weighted by Gasteiger charge is -2.11. The van der Waals surface area contributed by atoms with Crippen molar-refractivity contribution in [1.82, 2.24) is 19.4 Å². The molecule has 6 nitrogen and oxygen atoms in total. The second-order valence-corrected chi connectivity index (χ2v) is 7.34. The lowest BCUT2D eigenvalue weighted by Crippen LogP contribution is -2.09. The summed E-state index contributed by atoms with van der Waals surface area (Å²) < 4.78 is 16.7. The molecule has 0 bridgehead atoms. The minimum atomic E-state index is -0.220. The van der Waals surface area contributed by atoms with Gasteiger partial charge in [-0.1, -0.05) is 13.0 Å². The number of hydrogen-bond donors (Lipinski definition) is 3. The predicted molar refractivity (Wildman–Crippen MR) is 107 cm³/mol. The van der Waals surface area contributed by atoms with E-state index >= 15 is 0 Å². The molecule has 8 heteroatoms. The van der Waals surface area contributed by atoms with E-state index in [2.05, 4.69) is 36.2 Å². The summed E-state index contributed by atoms with van der Waals surface area (Å²) in [7, 11) is 0. The first kappa shape index (κ1) is 17.9. The van der Waals surface area contributed by atoms with Crippen LogP contribution in [0.5, 0.6) is 0 Å². The first-order valence-corrected chi connectivity index (χ1v) is 9.50. The molecule has 0 fully saturated rings. The van der Waals surface area contributed by atoms with E-state index in [1.165, 1.54) is 6.07 Å². The molecule has 3 heterocycles. The summed E-state index contributed by atoms with van der Waals surface area (Å²) in [6.07, 6.45) is 6.08. The molecular weight excluding hydrogens is 413 g/mol. The molecule has 0 radical (unpaired) electrons. The molecule has 0 amide bonds. The van der Waals surface area contributed by atoms with Gasteiger partial charge < -0.3 is 15.4 Å². The van der Waals surface area contributed by atoms with Gasteiger partial charge in [0.15, 0.2) is 11.5 Å². The van der Waals surface area contributed by atoms with Gasteiger partial charge in [-0.2, -0.15) is 0 Å². The number of aliphatic hydroxyl groups is 1. The normalized spacial score (nSPS) is 12.7. The first-order valence-electron chi connectivity index (χ1n) is 8.71. The van der Waals surface area contributed by atoms with Crippen molar-refractivity contribution in [3.63, 3.8) is 0 Å². The molecule has 0 spiro atoms. The van der Waals surface area contributed by atoms with E-state index in [-0.39, 0.29) is 18.3 Å². The Kier molecular flexibility index (Phi) is 4.84. The topological polar surface area (TPSA) is 78.2 Å². The molecule has 0 saturated carbocycles. The summed E-state index contributed by atoms with van der Waals surface area (Å²) in [5.74, 6) is 0.389. The Morgan fingerprint density at radius 3 is 3.07 bits per heavy atom. The molecule has 140 valence electrons. The minimum absolute atomic E-state index is 0.0312. The van der Waals surface area contributed by atoms with Gasteiger partial charge in [0, 0.05) is 47.7 Å². The summed E-state index contributed by atoms with van der Waals surface area (Å²) in [5.41, 5.74) is 3.32. The Morgan fingerprint density at radius 1 is 1.41 bits per heavy atom. The number of imidazole rings is 1. The van der Waals surface area contributed by atoms with E-state index in [0.717, 1.165) is 16.8 Å². The Balaban J connectivity index is 1.58. The second-order valence-electron chi connectivity index (χ2n) is 6.53. The van der Waals surface area contributed by atoms with Crippen molar-refractivity contribution in [2.45, 2.75) is 19.3 Å². The predicted octanol–water partition coefficient (Wildman–Crippen LogP) is 3.86. The fourth-order valence-electron chi connectivity index (χ4n) is 3.27. The van der Waals surface area contributed by atoms with Crippen LogP contribution in [0, 0.1) is 5.82 Å². The van der Waals surface area contributed by atoms with Gasteiger partial charge in [-0.05, 0) is 40.0 Å². The Bertz CT molecular complexity index is 1110. The highest BCUT2D eigenvalue weighted by Gasteiger charge is 2.15. The molecule has 1 atom stereocenters. The smallest absolute Gasteiger partial charge is 0.180 e. The summed E-state index contributed by atoms with van der Waals surface area (Å²) >= 11 is 3.43. The molecule has 4 rings (SSSR count). The number of fused-ring (bicyclic) bond motifs is 2. The third kappa shape index (κ3) is 3.30. The summed E-state index contributed by atoms with van der Waals surface area (Å²) in [5, 5.41) is 13.4. The van der Waals surface area contributed by atoms with Crippen molar-refractivity contribution < 1.29 is 9.50 Å². The summed E-state index contributed by atoms with van der Waals surface area (Å²) in [6, 6.07) is 5.03. The second kappa shape index (κ2) is 7.28. The number of aliphatic hydroxyl groups excluding tert-OH is 1. The van der Waals surface area contributed by atoms with Gasteiger partial charge in [0.1, 0.15) is 10.4 Å². The Labute approximate surface area is 163 Å². The van der Waals surface area contributed by atoms with Crippen molar-refractivity contribution >= 4 is 38.3 Å². The van der Waals surface area contributed by atoms with E-state index in [1.54, 1.807) is 12.3 Å². The maximum Gasteiger partial charge on any atom is 0.180 e. The molecule has 1 aromatic carbocycles. The van der Waals surface area contributed by atoms with E-state index in [9.17, 15) is 9.50 Å². The van der Waals surface area contributed by atoms with Crippen LogP contribution in [-0.2, 0) is 6.42 Å². The van der Waals surface area contributed by atoms with Gasteiger partial charge in [-0.3, -0.25) is 4.40 Å². The van der Waals surface area contributed by atoms with Gasteiger partial charge in [-0.15, -0.1) is 0 Å². The maximum absolute atomic E-state index is 14.1. The van der Waals surface area contributed by atoms with Crippen LogP contribution >= 0.6 is 15.9 Å². The molecule has 0 aliphatic heterocycles. The van der Waals surface area contributed by atoms with Crippen molar-refractivity contribution in [3.8, 4) is 0 Å². The number of aromatic amines is 1. The van der Waals surface area contributed by atoms with Crippen LogP contribution in [0.25, 0.3) is 16.6 Å². The van der Waals surface area contributed by atoms with Crippen LogP contribution in [0.1, 0.15) is 24.1 Å². The fraction of sp³-hybridized carbons (Fsp3) is 0.263. The number of halogens is 2. The molecule has 0 aliphatic rings. The van der Waals surface area contributed by atoms with E-state index in [4.69, 9.17) is 0 Å². The van der Waals surface area contributed by atoms with Crippen molar-refractivity contribution in [2.75, 3.05) is 18.5 Å². The third-order valence-corrected chi connectivity index (χ3v) is 5.08. The Morgan fingerprint density at radius 2 is 2.26 bits per heavy atom. The number of aromatic nitrogens is 4. The highest BCUT2D eigenvalue weighted by Crippen LogP contribution is 2.24. The minimum Gasteiger partial charge on any atom is -0.396 e. The van der Waals surface area contributed by atoms with Crippen LogP contribution in [0.2, 0.25) is 0 Å². The number of nitrogens with one attached hydrogen (secondary N) is 2. The first-order chi connectivity index (χ1) is 13.1. The summed E-state index contributed by atoms with van der Waals surface area (Å²) in [4.78, 5) is 12.0. The van der Waals surface area contributed by atoms with Crippen molar-refractivity contribution in [1.29, 1.82) is 0 Å².